The zero-order valence-electron chi connectivity index (χ0n) is 17.6. The average Bonchev–Trinajstić information content (AvgIpc) is 2.53. The molecule has 0 radical (unpaired) electrons. The van der Waals surface area contributed by atoms with Crippen LogP contribution >= 0.6 is 11.8 Å². The van der Waals surface area contributed by atoms with E-state index in [1.165, 1.54) is 0 Å². The highest BCUT2D eigenvalue weighted by Crippen LogP contribution is 2.17. The Morgan fingerprint density at radius 3 is 2.07 bits per heavy atom. The Morgan fingerprint density at radius 2 is 1.54 bits per heavy atom. The lowest BCUT2D eigenvalue weighted by molar-refractivity contribution is -0.139. The van der Waals surface area contributed by atoms with Crippen molar-refractivity contribution in [3.8, 4) is 0 Å². The number of amides is 3. The summed E-state index contributed by atoms with van der Waals surface area (Å²) in [7, 11) is 0. The summed E-state index contributed by atoms with van der Waals surface area (Å²) in [6.45, 7) is 10.6. The minimum absolute atomic E-state index is 0.0761. The largest absolute Gasteiger partial charge is 0.481 e. The zero-order valence-corrected chi connectivity index (χ0v) is 18.4. The SMILES string of the molecule is CC(C)CSC[C@H](NC(=O)CCC(=O)O)C(=O)NCCNC(=O)CC(C)(C)C. The summed E-state index contributed by atoms with van der Waals surface area (Å²) in [5.41, 5.74) is -0.105. The van der Waals surface area contributed by atoms with Gasteiger partial charge in [0.05, 0.1) is 6.42 Å². The van der Waals surface area contributed by atoms with Crippen molar-refractivity contribution in [1.29, 1.82) is 0 Å². The molecule has 3 amide bonds. The smallest absolute Gasteiger partial charge is 0.303 e. The van der Waals surface area contributed by atoms with Gasteiger partial charge in [0.1, 0.15) is 6.04 Å². The van der Waals surface area contributed by atoms with Crippen LogP contribution < -0.4 is 16.0 Å². The van der Waals surface area contributed by atoms with Gasteiger partial charge < -0.3 is 21.1 Å². The summed E-state index contributed by atoms with van der Waals surface area (Å²) < 4.78 is 0. The molecule has 0 fully saturated rings. The lowest BCUT2D eigenvalue weighted by atomic mass is 9.92. The van der Waals surface area contributed by atoms with E-state index in [1.807, 2.05) is 20.8 Å². The normalized spacial score (nSPS) is 12.4. The maximum atomic E-state index is 12.4. The highest BCUT2D eigenvalue weighted by molar-refractivity contribution is 7.99. The molecule has 0 rings (SSSR count). The third-order valence-electron chi connectivity index (χ3n) is 3.39. The highest BCUT2D eigenvalue weighted by Gasteiger charge is 2.21. The van der Waals surface area contributed by atoms with E-state index in [9.17, 15) is 19.2 Å². The zero-order chi connectivity index (χ0) is 21.7. The van der Waals surface area contributed by atoms with Crippen molar-refractivity contribution in [3.63, 3.8) is 0 Å². The van der Waals surface area contributed by atoms with Crippen LogP contribution in [0, 0.1) is 11.3 Å². The Bertz CT molecular complexity index is 532. The molecule has 0 bridgehead atoms. The van der Waals surface area contributed by atoms with Gasteiger partial charge >= 0.3 is 5.97 Å². The van der Waals surface area contributed by atoms with Crippen molar-refractivity contribution in [2.24, 2.45) is 11.3 Å². The molecule has 4 N–H and O–H groups in total. The van der Waals surface area contributed by atoms with Crippen molar-refractivity contribution >= 4 is 35.5 Å². The lowest BCUT2D eigenvalue weighted by Crippen LogP contribution is -2.49. The number of carbonyl (C=O) groups excluding carboxylic acids is 3. The monoisotopic (exact) mass is 417 g/mol. The van der Waals surface area contributed by atoms with Gasteiger partial charge in [-0.05, 0) is 17.1 Å². The number of hydrogen-bond acceptors (Lipinski definition) is 5. The maximum absolute atomic E-state index is 12.4. The molecule has 0 aromatic heterocycles. The van der Waals surface area contributed by atoms with Crippen molar-refractivity contribution in [1.82, 2.24) is 16.0 Å². The van der Waals surface area contributed by atoms with Gasteiger partial charge in [-0.3, -0.25) is 19.2 Å². The Hall–Kier alpha value is -1.77. The molecule has 162 valence electrons. The predicted octanol–water partition coefficient (Wildman–Crippen LogP) is 1.39. The fourth-order valence-corrected chi connectivity index (χ4v) is 3.22. The standard InChI is InChI=1S/C19H35N3O5S/c1-13(2)11-28-12-14(22-15(23)6-7-17(25)26)18(27)21-9-8-20-16(24)10-19(3,4)5/h13-14H,6-12H2,1-5H3,(H,20,24)(H,21,27)(H,22,23)(H,25,26)/t14-/m0/s1. The molecule has 0 unspecified atom stereocenters. The van der Waals surface area contributed by atoms with E-state index in [0.717, 1.165) is 5.75 Å². The van der Waals surface area contributed by atoms with Crippen LogP contribution in [0.25, 0.3) is 0 Å². The van der Waals surface area contributed by atoms with Crippen LogP contribution in [-0.2, 0) is 19.2 Å². The van der Waals surface area contributed by atoms with Gasteiger partial charge in [-0.15, -0.1) is 0 Å². The van der Waals surface area contributed by atoms with Gasteiger partial charge in [-0.1, -0.05) is 34.6 Å². The van der Waals surface area contributed by atoms with Crippen LogP contribution in [0.2, 0.25) is 0 Å². The number of thioether (sulfide) groups is 1. The molecule has 1 atom stereocenters. The van der Waals surface area contributed by atoms with Gasteiger partial charge in [-0.2, -0.15) is 11.8 Å². The summed E-state index contributed by atoms with van der Waals surface area (Å²) in [6, 6.07) is -0.740. The summed E-state index contributed by atoms with van der Waals surface area (Å²) >= 11 is 1.55. The number of hydrogen-bond donors (Lipinski definition) is 4. The van der Waals surface area contributed by atoms with E-state index in [-0.39, 0.29) is 36.6 Å². The molecule has 0 aromatic rings. The molecular weight excluding hydrogens is 382 g/mol. The molecule has 0 aliphatic rings. The topological polar surface area (TPSA) is 125 Å². The van der Waals surface area contributed by atoms with E-state index < -0.39 is 17.9 Å². The summed E-state index contributed by atoms with van der Waals surface area (Å²) in [5.74, 6) is -0.244. The number of rotatable bonds is 13. The average molecular weight is 418 g/mol. The molecule has 0 saturated carbocycles. The quantitative estimate of drug-likeness (QED) is 0.336. The molecule has 8 nitrogen and oxygen atoms in total. The first-order valence-electron chi connectivity index (χ1n) is 9.54. The molecule has 0 saturated heterocycles. The number of carbonyl (C=O) groups is 4. The van der Waals surface area contributed by atoms with Crippen molar-refractivity contribution < 1.29 is 24.3 Å². The Labute approximate surface area is 172 Å². The first kappa shape index (κ1) is 26.2. The number of nitrogens with one attached hydrogen (secondary N) is 3. The fourth-order valence-electron chi connectivity index (χ4n) is 2.15. The predicted molar refractivity (Wildman–Crippen MR) is 111 cm³/mol. The van der Waals surface area contributed by atoms with Gasteiger partial charge in [0, 0.05) is 31.7 Å². The second-order valence-corrected chi connectivity index (χ2v) is 9.40. The van der Waals surface area contributed by atoms with Crippen LogP contribution in [0.5, 0.6) is 0 Å². The Morgan fingerprint density at radius 1 is 0.929 bits per heavy atom. The molecule has 28 heavy (non-hydrogen) atoms. The van der Waals surface area contributed by atoms with Crippen LogP contribution in [-0.4, -0.2) is 59.4 Å². The third-order valence-corrected chi connectivity index (χ3v) is 4.86. The summed E-state index contributed by atoms with van der Waals surface area (Å²) in [5, 5.41) is 16.7. The fraction of sp³-hybridized carbons (Fsp3) is 0.789. The van der Waals surface area contributed by atoms with E-state index in [0.29, 0.717) is 24.6 Å². The Kier molecular flexibility index (Phi) is 12.6. The Balaban J connectivity index is 4.46. The lowest BCUT2D eigenvalue weighted by Gasteiger charge is -2.19. The molecule has 9 heteroatoms. The first-order valence-corrected chi connectivity index (χ1v) is 10.7. The van der Waals surface area contributed by atoms with E-state index in [2.05, 4.69) is 29.8 Å². The minimum atomic E-state index is -1.06. The summed E-state index contributed by atoms with van der Waals surface area (Å²) in [4.78, 5) is 46.7. The first-order chi connectivity index (χ1) is 12.9. The maximum Gasteiger partial charge on any atom is 0.303 e. The number of aliphatic carboxylic acids is 1. The second kappa shape index (κ2) is 13.4. The molecule has 0 aromatic carbocycles. The highest BCUT2D eigenvalue weighted by atomic mass is 32.2. The molecule has 0 aliphatic heterocycles. The van der Waals surface area contributed by atoms with Gasteiger partial charge in [0.15, 0.2) is 0 Å². The van der Waals surface area contributed by atoms with Crippen molar-refractivity contribution in [3.05, 3.63) is 0 Å². The van der Waals surface area contributed by atoms with Crippen LogP contribution in [0.1, 0.15) is 53.9 Å². The molecule has 0 aliphatic carbocycles. The molecule has 0 heterocycles. The third kappa shape index (κ3) is 15.3. The van der Waals surface area contributed by atoms with Gasteiger partial charge in [-0.25, -0.2) is 0 Å². The molecular formula is C19H35N3O5S. The number of carboxylic acids is 1. The van der Waals surface area contributed by atoms with Gasteiger partial charge in [0.25, 0.3) is 0 Å². The molecule has 0 spiro atoms. The number of carboxylic acid groups (broad SMARTS) is 1. The van der Waals surface area contributed by atoms with E-state index in [4.69, 9.17) is 5.11 Å². The van der Waals surface area contributed by atoms with Gasteiger partial charge in [0.2, 0.25) is 17.7 Å². The van der Waals surface area contributed by atoms with E-state index in [1.54, 1.807) is 11.8 Å². The second-order valence-electron chi connectivity index (χ2n) is 8.32. The van der Waals surface area contributed by atoms with Crippen LogP contribution in [0.4, 0.5) is 0 Å². The minimum Gasteiger partial charge on any atom is -0.481 e. The van der Waals surface area contributed by atoms with Crippen molar-refractivity contribution in [2.45, 2.75) is 59.9 Å². The van der Waals surface area contributed by atoms with Crippen molar-refractivity contribution in [2.75, 3.05) is 24.6 Å². The summed E-state index contributed by atoms with van der Waals surface area (Å²) in [6.07, 6.45) is -0.0506. The van der Waals surface area contributed by atoms with E-state index >= 15 is 0 Å². The van der Waals surface area contributed by atoms with Crippen LogP contribution in [0.3, 0.4) is 0 Å². The van der Waals surface area contributed by atoms with Crippen LogP contribution in [0.15, 0.2) is 0 Å².